The summed E-state index contributed by atoms with van der Waals surface area (Å²) in [6, 6.07) is 0. The molecule has 0 radical (unpaired) electrons. The van der Waals surface area contributed by atoms with Crippen LogP contribution in [-0.4, -0.2) is 28.3 Å². The van der Waals surface area contributed by atoms with Gasteiger partial charge in [-0.25, -0.2) is 0 Å². The topological polar surface area (TPSA) is 73.0 Å². The van der Waals surface area contributed by atoms with Crippen molar-refractivity contribution in [3.8, 4) is 0 Å². The van der Waals surface area contributed by atoms with Crippen molar-refractivity contribution in [1.82, 2.24) is 15.1 Å². The summed E-state index contributed by atoms with van der Waals surface area (Å²) in [6.07, 6.45) is 1.90. The van der Waals surface area contributed by atoms with Crippen molar-refractivity contribution in [2.45, 2.75) is 6.42 Å². The van der Waals surface area contributed by atoms with Crippen LogP contribution >= 0.6 is 0 Å². The Morgan fingerprint density at radius 2 is 2.46 bits per heavy atom. The second-order valence-corrected chi connectivity index (χ2v) is 2.71. The van der Waals surface area contributed by atoms with Crippen LogP contribution in [0.4, 0.5) is 5.69 Å². The summed E-state index contributed by atoms with van der Waals surface area (Å²) in [4.78, 5) is 10.1. The molecule has 0 aromatic carbocycles. The second-order valence-electron chi connectivity index (χ2n) is 2.71. The van der Waals surface area contributed by atoms with Gasteiger partial charge in [0.2, 0.25) is 0 Å². The average Bonchev–Trinajstić information content (AvgIpc) is 2.43. The fourth-order valence-electron chi connectivity index (χ4n) is 1.14. The van der Waals surface area contributed by atoms with Gasteiger partial charge in [0, 0.05) is 20.0 Å². The maximum absolute atomic E-state index is 10.5. The summed E-state index contributed by atoms with van der Waals surface area (Å²) in [7, 11) is 3.51. The highest BCUT2D eigenvalue weighted by Crippen LogP contribution is 2.16. The van der Waals surface area contributed by atoms with E-state index >= 15 is 0 Å². The van der Waals surface area contributed by atoms with Crippen molar-refractivity contribution < 1.29 is 4.92 Å². The van der Waals surface area contributed by atoms with Gasteiger partial charge in [0.05, 0.1) is 4.92 Å². The summed E-state index contributed by atoms with van der Waals surface area (Å²) in [5.74, 6) is 0. The third-order valence-corrected chi connectivity index (χ3v) is 1.85. The normalized spacial score (nSPS) is 10.3. The van der Waals surface area contributed by atoms with Gasteiger partial charge in [0.25, 0.3) is 0 Å². The molecule has 13 heavy (non-hydrogen) atoms. The van der Waals surface area contributed by atoms with Crippen molar-refractivity contribution in [1.29, 1.82) is 0 Å². The molecule has 0 aliphatic carbocycles. The Balaban J connectivity index is 2.88. The minimum Gasteiger partial charge on any atom is -0.319 e. The molecule has 0 bridgehead atoms. The van der Waals surface area contributed by atoms with Crippen LogP contribution in [0, 0.1) is 10.1 Å². The fraction of sp³-hybridized carbons (Fsp3) is 0.571. The third kappa shape index (κ3) is 2.03. The molecule has 0 saturated heterocycles. The quantitative estimate of drug-likeness (QED) is 0.531. The van der Waals surface area contributed by atoms with Gasteiger partial charge < -0.3 is 5.32 Å². The summed E-state index contributed by atoms with van der Waals surface area (Å²) in [6.45, 7) is 0.709. The Kier molecular flexibility index (Phi) is 2.97. The number of rotatable bonds is 4. The summed E-state index contributed by atoms with van der Waals surface area (Å²) < 4.78 is 1.54. The molecule has 0 aliphatic heterocycles. The van der Waals surface area contributed by atoms with Crippen LogP contribution in [0.1, 0.15) is 5.69 Å². The highest BCUT2D eigenvalue weighted by Gasteiger charge is 2.17. The zero-order valence-corrected chi connectivity index (χ0v) is 7.65. The van der Waals surface area contributed by atoms with Gasteiger partial charge in [-0.1, -0.05) is 0 Å². The molecule has 1 rings (SSSR count). The number of nitrogens with zero attached hydrogens (tertiary/aromatic N) is 3. The Bertz CT molecular complexity index is 307. The minimum absolute atomic E-state index is 0.0951. The van der Waals surface area contributed by atoms with Crippen LogP contribution < -0.4 is 5.32 Å². The van der Waals surface area contributed by atoms with Gasteiger partial charge in [-0.2, -0.15) is 5.10 Å². The minimum atomic E-state index is -0.405. The third-order valence-electron chi connectivity index (χ3n) is 1.85. The lowest BCUT2D eigenvalue weighted by molar-refractivity contribution is -0.385. The standard InChI is InChI=1S/C7H12N4O2/c1-8-4-3-6-7(11(12)13)5-9-10(6)2/h5,8H,3-4H2,1-2H3. The molecule has 6 heteroatoms. The van der Waals surface area contributed by atoms with E-state index < -0.39 is 4.92 Å². The van der Waals surface area contributed by atoms with E-state index in [1.165, 1.54) is 10.9 Å². The molecule has 0 fully saturated rings. The van der Waals surface area contributed by atoms with Crippen LogP contribution in [0.25, 0.3) is 0 Å². The largest absolute Gasteiger partial charge is 0.319 e. The predicted molar refractivity (Wildman–Crippen MR) is 47.5 cm³/mol. The second kappa shape index (κ2) is 3.99. The van der Waals surface area contributed by atoms with Crippen molar-refractivity contribution >= 4 is 5.69 Å². The van der Waals surface area contributed by atoms with E-state index in [1.807, 2.05) is 7.05 Å². The number of hydrogen-bond donors (Lipinski definition) is 1. The SMILES string of the molecule is CNCCc1c([N+](=O)[O-])cnn1C. The molecule has 0 saturated carbocycles. The van der Waals surface area contributed by atoms with Gasteiger partial charge in [0.1, 0.15) is 11.9 Å². The number of aromatic nitrogens is 2. The Hall–Kier alpha value is -1.43. The molecular formula is C7H12N4O2. The number of nitrogens with one attached hydrogen (secondary N) is 1. The molecule has 0 spiro atoms. The van der Waals surface area contributed by atoms with E-state index in [0.29, 0.717) is 18.7 Å². The lowest BCUT2D eigenvalue weighted by Gasteiger charge is -2.00. The maximum Gasteiger partial charge on any atom is 0.310 e. The highest BCUT2D eigenvalue weighted by molar-refractivity contribution is 5.32. The van der Waals surface area contributed by atoms with Gasteiger partial charge in [0.15, 0.2) is 0 Å². The van der Waals surface area contributed by atoms with Gasteiger partial charge >= 0.3 is 5.69 Å². The van der Waals surface area contributed by atoms with Crippen LogP contribution in [0.5, 0.6) is 0 Å². The first-order valence-electron chi connectivity index (χ1n) is 3.96. The van der Waals surface area contributed by atoms with Crippen LogP contribution in [0.15, 0.2) is 6.20 Å². The average molecular weight is 184 g/mol. The molecule has 0 unspecified atom stereocenters. The summed E-state index contributed by atoms with van der Waals surface area (Å²) in [5, 5.41) is 17.3. The fourth-order valence-corrected chi connectivity index (χ4v) is 1.14. The zero-order valence-electron chi connectivity index (χ0n) is 7.65. The van der Waals surface area contributed by atoms with E-state index in [1.54, 1.807) is 7.05 Å². The van der Waals surface area contributed by atoms with Crippen LogP contribution in [-0.2, 0) is 13.5 Å². The molecule has 1 aromatic heterocycles. The first-order chi connectivity index (χ1) is 6.16. The zero-order chi connectivity index (χ0) is 9.84. The molecule has 72 valence electrons. The van der Waals surface area contributed by atoms with E-state index in [9.17, 15) is 10.1 Å². The van der Waals surface area contributed by atoms with Crippen molar-refractivity contribution in [3.63, 3.8) is 0 Å². The monoisotopic (exact) mass is 184 g/mol. The van der Waals surface area contributed by atoms with E-state index in [2.05, 4.69) is 10.4 Å². The first-order valence-corrected chi connectivity index (χ1v) is 3.96. The lowest BCUT2D eigenvalue weighted by atomic mass is 10.3. The number of aryl methyl sites for hydroxylation is 1. The van der Waals surface area contributed by atoms with E-state index in [4.69, 9.17) is 0 Å². The molecule has 1 heterocycles. The molecule has 1 N–H and O–H groups in total. The molecular weight excluding hydrogens is 172 g/mol. The van der Waals surface area contributed by atoms with Gasteiger partial charge in [-0.05, 0) is 7.05 Å². The van der Waals surface area contributed by atoms with E-state index in [0.717, 1.165) is 0 Å². The molecule has 0 atom stereocenters. The Labute approximate surface area is 75.7 Å². The summed E-state index contributed by atoms with van der Waals surface area (Å²) in [5.41, 5.74) is 0.747. The smallest absolute Gasteiger partial charge is 0.310 e. The Morgan fingerprint density at radius 1 is 1.77 bits per heavy atom. The van der Waals surface area contributed by atoms with Gasteiger partial charge in [-0.3, -0.25) is 14.8 Å². The van der Waals surface area contributed by atoms with Crippen molar-refractivity contribution in [2.75, 3.05) is 13.6 Å². The predicted octanol–water partition coefficient (Wildman–Crippen LogP) is 0.0902. The number of nitro groups is 1. The molecule has 0 aliphatic rings. The number of hydrogen-bond acceptors (Lipinski definition) is 4. The van der Waals surface area contributed by atoms with Gasteiger partial charge in [-0.15, -0.1) is 0 Å². The Morgan fingerprint density at radius 3 is 3.00 bits per heavy atom. The number of likely N-dealkylation sites (N-methyl/N-ethyl adjacent to an activating group) is 1. The lowest BCUT2D eigenvalue weighted by Crippen LogP contribution is -2.13. The molecule has 1 aromatic rings. The molecule has 6 nitrogen and oxygen atoms in total. The highest BCUT2D eigenvalue weighted by atomic mass is 16.6. The van der Waals surface area contributed by atoms with Crippen LogP contribution in [0.2, 0.25) is 0 Å². The first kappa shape index (κ1) is 9.66. The maximum atomic E-state index is 10.5. The molecule has 0 amide bonds. The van der Waals surface area contributed by atoms with Crippen molar-refractivity contribution in [3.05, 3.63) is 22.0 Å². The summed E-state index contributed by atoms with van der Waals surface area (Å²) >= 11 is 0. The van der Waals surface area contributed by atoms with E-state index in [-0.39, 0.29) is 5.69 Å². The van der Waals surface area contributed by atoms with Crippen LogP contribution in [0.3, 0.4) is 0 Å². The van der Waals surface area contributed by atoms with Crippen molar-refractivity contribution in [2.24, 2.45) is 7.05 Å².